The van der Waals surface area contributed by atoms with Crippen molar-refractivity contribution in [3.63, 3.8) is 0 Å². The Morgan fingerprint density at radius 1 is 1.28 bits per heavy atom. The first-order chi connectivity index (χ1) is 8.33. The molecule has 0 aromatic heterocycles. The first kappa shape index (κ1) is 14.6. The smallest absolute Gasteiger partial charge is 0.303 e. The van der Waals surface area contributed by atoms with Crippen LogP contribution in [-0.2, 0) is 10.7 Å². The molecule has 0 saturated heterocycles. The Morgan fingerprint density at radius 2 is 1.83 bits per heavy atom. The van der Waals surface area contributed by atoms with Crippen LogP contribution in [0.3, 0.4) is 0 Å². The van der Waals surface area contributed by atoms with Crippen molar-refractivity contribution in [1.29, 1.82) is 0 Å². The lowest BCUT2D eigenvalue weighted by molar-refractivity contribution is -0.137. The normalized spacial score (nSPS) is 11.8. The molecule has 100 valence electrons. The lowest BCUT2D eigenvalue weighted by Gasteiger charge is -2.17. The summed E-state index contributed by atoms with van der Waals surface area (Å²) in [4.78, 5) is 10.3. The van der Waals surface area contributed by atoms with E-state index in [0.717, 1.165) is 5.56 Å². The van der Waals surface area contributed by atoms with Gasteiger partial charge in [-0.2, -0.15) is 0 Å². The highest BCUT2D eigenvalue weighted by molar-refractivity contribution is 5.66. The minimum absolute atomic E-state index is 0.0196. The molecule has 4 heteroatoms. The largest absolute Gasteiger partial charge is 0.481 e. The number of hydrogen-bond acceptors (Lipinski definition) is 1. The van der Waals surface area contributed by atoms with Gasteiger partial charge in [-0.3, -0.25) is 4.79 Å². The van der Waals surface area contributed by atoms with Crippen LogP contribution in [0.2, 0.25) is 0 Å². The maximum atomic E-state index is 13.7. The summed E-state index contributed by atoms with van der Waals surface area (Å²) in [6.45, 7) is 4.00. The summed E-state index contributed by atoms with van der Waals surface area (Å²) in [5.41, 5.74) is 0.970. The molecule has 0 bridgehead atoms. The third-order valence-electron chi connectivity index (χ3n) is 2.88. The number of rotatable bonds is 6. The number of alkyl halides is 2. The Labute approximate surface area is 106 Å². The van der Waals surface area contributed by atoms with Gasteiger partial charge in [0.25, 0.3) is 5.92 Å². The van der Waals surface area contributed by atoms with Crippen molar-refractivity contribution in [2.24, 2.45) is 0 Å². The zero-order valence-electron chi connectivity index (χ0n) is 10.6. The van der Waals surface area contributed by atoms with Crippen LogP contribution in [0.25, 0.3) is 0 Å². The first-order valence-corrected chi connectivity index (χ1v) is 6.03. The number of carboxylic acids is 1. The summed E-state index contributed by atoms with van der Waals surface area (Å²) in [5.74, 6) is -3.69. The molecule has 0 saturated carbocycles. The third-order valence-corrected chi connectivity index (χ3v) is 2.88. The molecule has 0 atom stereocenters. The molecule has 1 aromatic carbocycles. The number of halogens is 2. The second-order valence-corrected chi connectivity index (χ2v) is 4.73. The van der Waals surface area contributed by atoms with Gasteiger partial charge in [-0.25, -0.2) is 8.78 Å². The number of hydrogen-bond donors (Lipinski definition) is 1. The fourth-order valence-electron chi connectivity index (χ4n) is 1.72. The van der Waals surface area contributed by atoms with Crippen molar-refractivity contribution < 1.29 is 18.7 Å². The molecule has 0 heterocycles. The summed E-state index contributed by atoms with van der Waals surface area (Å²) in [5, 5.41) is 8.43. The van der Waals surface area contributed by atoms with Crippen LogP contribution in [0.1, 0.15) is 50.2 Å². The van der Waals surface area contributed by atoms with Crippen LogP contribution >= 0.6 is 0 Å². The quantitative estimate of drug-likeness (QED) is 0.829. The standard InChI is InChI=1S/C14H18F2O2/c1-10(2)11-5-7-12(8-6-11)14(15,16)9-3-4-13(17)18/h5-8,10H,3-4,9H2,1-2H3,(H,17,18). The summed E-state index contributed by atoms with van der Waals surface area (Å²) < 4.78 is 27.5. The van der Waals surface area contributed by atoms with Gasteiger partial charge in [0.1, 0.15) is 0 Å². The van der Waals surface area contributed by atoms with Gasteiger partial charge in [0.15, 0.2) is 0 Å². The summed E-state index contributed by atoms with van der Waals surface area (Å²) >= 11 is 0. The van der Waals surface area contributed by atoms with Gasteiger partial charge in [0.05, 0.1) is 0 Å². The molecule has 0 aliphatic carbocycles. The zero-order valence-corrected chi connectivity index (χ0v) is 10.6. The van der Waals surface area contributed by atoms with E-state index in [4.69, 9.17) is 5.11 Å². The van der Waals surface area contributed by atoms with E-state index in [0.29, 0.717) is 5.92 Å². The molecule has 18 heavy (non-hydrogen) atoms. The highest BCUT2D eigenvalue weighted by Gasteiger charge is 2.30. The van der Waals surface area contributed by atoms with E-state index >= 15 is 0 Å². The lowest BCUT2D eigenvalue weighted by Crippen LogP contribution is -2.14. The predicted octanol–water partition coefficient (Wildman–Crippen LogP) is 4.16. The third kappa shape index (κ3) is 4.09. The van der Waals surface area contributed by atoms with Crippen LogP contribution in [0.5, 0.6) is 0 Å². The average Bonchev–Trinajstić information content (AvgIpc) is 2.28. The minimum Gasteiger partial charge on any atom is -0.481 e. The van der Waals surface area contributed by atoms with Gasteiger partial charge in [-0.05, 0) is 17.9 Å². The van der Waals surface area contributed by atoms with Gasteiger partial charge in [-0.15, -0.1) is 0 Å². The van der Waals surface area contributed by atoms with E-state index in [1.54, 1.807) is 12.1 Å². The van der Waals surface area contributed by atoms with E-state index in [1.165, 1.54) is 12.1 Å². The Bertz CT molecular complexity index is 397. The van der Waals surface area contributed by atoms with E-state index < -0.39 is 18.3 Å². The number of carbonyl (C=O) groups is 1. The van der Waals surface area contributed by atoms with Crippen LogP contribution in [0.4, 0.5) is 8.78 Å². The Kier molecular flexibility index (Phi) is 4.82. The van der Waals surface area contributed by atoms with E-state index in [2.05, 4.69) is 0 Å². The molecule has 0 fully saturated rings. The molecule has 1 rings (SSSR count). The number of carboxylic acid groups (broad SMARTS) is 1. The number of aliphatic carboxylic acids is 1. The number of benzene rings is 1. The minimum atomic E-state index is -2.95. The maximum absolute atomic E-state index is 13.7. The Balaban J connectivity index is 2.69. The summed E-state index contributed by atoms with van der Waals surface area (Å²) in [7, 11) is 0. The highest BCUT2D eigenvalue weighted by Crippen LogP contribution is 2.33. The summed E-state index contributed by atoms with van der Waals surface area (Å²) in [6.07, 6.45) is -0.672. The van der Waals surface area contributed by atoms with Crippen molar-refractivity contribution in [3.05, 3.63) is 35.4 Å². The predicted molar refractivity (Wildman–Crippen MR) is 65.9 cm³/mol. The van der Waals surface area contributed by atoms with Gasteiger partial charge >= 0.3 is 5.97 Å². The topological polar surface area (TPSA) is 37.3 Å². The van der Waals surface area contributed by atoms with Crippen molar-refractivity contribution in [2.45, 2.75) is 45.0 Å². The molecular weight excluding hydrogens is 238 g/mol. The van der Waals surface area contributed by atoms with Crippen molar-refractivity contribution >= 4 is 5.97 Å². The van der Waals surface area contributed by atoms with Crippen molar-refractivity contribution in [1.82, 2.24) is 0 Å². The fraction of sp³-hybridized carbons (Fsp3) is 0.500. The second-order valence-electron chi connectivity index (χ2n) is 4.73. The molecule has 0 amide bonds. The fourth-order valence-corrected chi connectivity index (χ4v) is 1.72. The Hall–Kier alpha value is -1.45. The van der Waals surface area contributed by atoms with Crippen molar-refractivity contribution in [2.75, 3.05) is 0 Å². The maximum Gasteiger partial charge on any atom is 0.303 e. The molecule has 0 radical (unpaired) electrons. The SMILES string of the molecule is CC(C)c1ccc(C(F)(F)CCCC(=O)O)cc1. The van der Waals surface area contributed by atoms with E-state index in [-0.39, 0.29) is 18.4 Å². The van der Waals surface area contributed by atoms with Gasteiger partial charge < -0.3 is 5.11 Å². The molecule has 2 nitrogen and oxygen atoms in total. The highest BCUT2D eigenvalue weighted by atomic mass is 19.3. The Morgan fingerprint density at radius 3 is 2.28 bits per heavy atom. The molecule has 0 spiro atoms. The van der Waals surface area contributed by atoms with Crippen LogP contribution in [0.15, 0.2) is 24.3 Å². The van der Waals surface area contributed by atoms with Gasteiger partial charge in [-0.1, -0.05) is 38.1 Å². The molecule has 0 aliphatic heterocycles. The van der Waals surface area contributed by atoms with Gasteiger partial charge in [0.2, 0.25) is 0 Å². The molecule has 0 aliphatic rings. The molecule has 1 aromatic rings. The zero-order chi connectivity index (χ0) is 13.8. The van der Waals surface area contributed by atoms with Crippen molar-refractivity contribution in [3.8, 4) is 0 Å². The lowest BCUT2D eigenvalue weighted by atomic mass is 9.97. The van der Waals surface area contributed by atoms with E-state index in [1.807, 2.05) is 13.8 Å². The monoisotopic (exact) mass is 256 g/mol. The molecule has 1 N–H and O–H groups in total. The van der Waals surface area contributed by atoms with E-state index in [9.17, 15) is 13.6 Å². The average molecular weight is 256 g/mol. The first-order valence-electron chi connectivity index (χ1n) is 6.03. The van der Waals surface area contributed by atoms with Crippen LogP contribution in [-0.4, -0.2) is 11.1 Å². The van der Waals surface area contributed by atoms with Crippen LogP contribution < -0.4 is 0 Å². The molecule has 0 unspecified atom stereocenters. The van der Waals surface area contributed by atoms with Gasteiger partial charge in [0, 0.05) is 18.4 Å². The summed E-state index contributed by atoms with van der Waals surface area (Å²) in [6, 6.07) is 6.25. The molecular formula is C14H18F2O2. The second kappa shape index (κ2) is 5.94. The van der Waals surface area contributed by atoms with Crippen LogP contribution in [0, 0.1) is 0 Å².